The van der Waals surface area contributed by atoms with Crippen LogP contribution in [0.25, 0.3) is 0 Å². The van der Waals surface area contributed by atoms with Crippen LogP contribution in [0.1, 0.15) is 44.7 Å². The van der Waals surface area contributed by atoms with E-state index in [0.29, 0.717) is 30.4 Å². The SMILES string of the molecule is CCCOc1ccc(C(C)NC2CCS(=O)(=O)CC2)cc1. The van der Waals surface area contributed by atoms with Gasteiger partial charge in [-0.2, -0.15) is 0 Å². The third-order valence-corrected chi connectivity index (χ3v) is 5.61. The maximum absolute atomic E-state index is 11.4. The smallest absolute Gasteiger partial charge is 0.150 e. The number of ether oxygens (including phenoxy) is 1. The first kappa shape index (κ1) is 16.3. The van der Waals surface area contributed by atoms with E-state index < -0.39 is 9.84 Å². The first-order valence-electron chi connectivity index (χ1n) is 7.69. The number of nitrogens with one attached hydrogen (secondary N) is 1. The largest absolute Gasteiger partial charge is 0.494 e. The maximum atomic E-state index is 11.4. The van der Waals surface area contributed by atoms with Crippen LogP contribution in [-0.2, 0) is 9.84 Å². The lowest BCUT2D eigenvalue weighted by atomic mass is 10.1. The quantitative estimate of drug-likeness (QED) is 0.877. The van der Waals surface area contributed by atoms with Crippen molar-refractivity contribution in [1.29, 1.82) is 0 Å². The van der Waals surface area contributed by atoms with Gasteiger partial charge in [-0.05, 0) is 43.9 Å². The van der Waals surface area contributed by atoms with Gasteiger partial charge in [-0.25, -0.2) is 8.42 Å². The summed E-state index contributed by atoms with van der Waals surface area (Å²) in [7, 11) is -2.79. The Morgan fingerprint density at radius 1 is 1.24 bits per heavy atom. The summed E-state index contributed by atoms with van der Waals surface area (Å²) in [5.74, 6) is 1.51. The molecule has 5 heteroatoms. The Labute approximate surface area is 127 Å². The van der Waals surface area contributed by atoms with Gasteiger partial charge in [0.05, 0.1) is 18.1 Å². The van der Waals surface area contributed by atoms with Crippen LogP contribution in [0.15, 0.2) is 24.3 Å². The van der Waals surface area contributed by atoms with E-state index in [2.05, 4.69) is 31.3 Å². The fourth-order valence-electron chi connectivity index (χ4n) is 2.58. The molecule has 1 fully saturated rings. The highest BCUT2D eigenvalue weighted by molar-refractivity contribution is 7.91. The Bertz CT molecular complexity index is 525. The lowest BCUT2D eigenvalue weighted by Crippen LogP contribution is -2.38. The van der Waals surface area contributed by atoms with E-state index in [1.807, 2.05) is 12.1 Å². The van der Waals surface area contributed by atoms with Gasteiger partial charge >= 0.3 is 0 Å². The highest BCUT2D eigenvalue weighted by Crippen LogP contribution is 2.21. The molecule has 1 aromatic rings. The molecule has 0 bridgehead atoms. The zero-order valence-corrected chi connectivity index (χ0v) is 13.7. The van der Waals surface area contributed by atoms with E-state index in [-0.39, 0.29) is 6.04 Å². The van der Waals surface area contributed by atoms with Gasteiger partial charge in [0.2, 0.25) is 0 Å². The fourth-order valence-corrected chi connectivity index (χ4v) is 4.07. The second-order valence-electron chi connectivity index (χ2n) is 5.73. The summed E-state index contributed by atoms with van der Waals surface area (Å²) in [6.45, 7) is 4.94. The van der Waals surface area contributed by atoms with Crippen molar-refractivity contribution in [2.24, 2.45) is 0 Å². The molecule has 1 unspecified atom stereocenters. The van der Waals surface area contributed by atoms with Crippen LogP contribution in [0.3, 0.4) is 0 Å². The van der Waals surface area contributed by atoms with Crippen LogP contribution < -0.4 is 10.1 Å². The van der Waals surface area contributed by atoms with Gasteiger partial charge in [-0.15, -0.1) is 0 Å². The van der Waals surface area contributed by atoms with Crippen LogP contribution in [0, 0.1) is 0 Å². The minimum Gasteiger partial charge on any atom is -0.494 e. The molecule has 1 N–H and O–H groups in total. The fraction of sp³-hybridized carbons (Fsp3) is 0.625. The van der Waals surface area contributed by atoms with E-state index >= 15 is 0 Å². The zero-order chi connectivity index (χ0) is 15.3. The number of sulfone groups is 1. The summed E-state index contributed by atoms with van der Waals surface area (Å²) < 4.78 is 28.4. The minimum absolute atomic E-state index is 0.219. The lowest BCUT2D eigenvalue weighted by molar-refractivity contribution is 0.317. The Morgan fingerprint density at radius 2 is 1.86 bits per heavy atom. The van der Waals surface area contributed by atoms with Gasteiger partial charge in [-0.1, -0.05) is 19.1 Å². The predicted octanol–water partition coefficient (Wildman–Crippen LogP) is 2.70. The molecule has 0 aliphatic carbocycles. The van der Waals surface area contributed by atoms with Crippen molar-refractivity contribution >= 4 is 9.84 Å². The molecule has 0 saturated carbocycles. The number of hydrogen-bond donors (Lipinski definition) is 1. The third kappa shape index (κ3) is 5.00. The summed E-state index contributed by atoms with van der Waals surface area (Å²) in [5, 5.41) is 3.53. The summed E-state index contributed by atoms with van der Waals surface area (Å²) in [6.07, 6.45) is 2.43. The summed E-state index contributed by atoms with van der Waals surface area (Å²) in [4.78, 5) is 0. The first-order valence-corrected chi connectivity index (χ1v) is 9.51. The maximum Gasteiger partial charge on any atom is 0.150 e. The molecule has 0 radical (unpaired) electrons. The Hall–Kier alpha value is -1.07. The normalized spacial score (nSPS) is 20.1. The molecular formula is C16H25NO3S. The Morgan fingerprint density at radius 3 is 2.43 bits per heavy atom. The van der Waals surface area contributed by atoms with Crippen molar-refractivity contribution in [1.82, 2.24) is 5.32 Å². The van der Waals surface area contributed by atoms with E-state index in [4.69, 9.17) is 4.74 Å². The second-order valence-corrected chi connectivity index (χ2v) is 8.04. The van der Waals surface area contributed by atoms with Crippen LogP contribution >= 0.6 is 0 Å². The predicted molar refractivity (Wildman–Crippen MR) is 85.5 cm³/mol. The average molecular weight is 311 g/mol. The topological polar surface area (TPSA) is 55.4 Å². The van der Waals surface area contributed by atoms with Crippen molar-refractivity contribution in [2.45, 2.75) is 45.2 Å². The van der Waals surface area contributed by atoms with E-state index in [1.54, 1.807) is 0 Å². The van der Waals surface area contributed by atoms with Gasteiger partial charge in [0.25, 0.3) is 0 Å². The van der Waals surface area contributed by atoms with Crippen molar-refractivity contribution in [3.8, 4) is 5.75 Å². The molecule has 0 amide bonds. The van der Waals surface area contributed by atoms with Crippen molar-refractivity contribution in [3.63, 3.8) is 0 Å². The van der Waals surface area contributed by atoms with Gasteiger partial charge < -0.3 is 10.1 Å². The minimum atomic E-state index is -2.79. The monoisotopic (exact) mass is 311 g/mol. The lowest BCUT2D eigenvalue weighted by Gasteiger charge is -2.27. The molecule has 4 nitrogen and oxygen atoms in total. The molecule has 1 saturated heterocycles. The van der Waals surface area contributed by atoms with Gasteiger partial charge in [0.15, 0.2) is 0 Å². The van der Waals surface area contributed by atoms with Crippen molar-refractivity contribution in [2.75, 3.05) is 18.1 Å². The van der Waals surface area contributed by atoms with E-state index in [0.717, 1.165) is 18.8 Å². The summed E-state index contributed by atoms with van der Waals surface area (Å²) >= 11 is 0. The standard InChI is InChI=1S/C16H25NO3S/c1-3-10-20-16-6-4-14(5-7-16)13(2)17-15-8-11-21(18,19)12-9-15/h4-7,13,15,17H,3,8-12H2,1-2H3. The molecule has 118 valence electrons. The number of hydrogen-bond acceptors (Lipinski definition) is 4. The van der Waals surface area contributed by atoms with Crippen LogP contribution in [0.5, 0.6) is 5.75 Å². The van der Waals surface area contributed by atoms with Crippen LogP contribution in [0.2, 0.25) is 0 Å². The molecule has 0 spiro atoms. The van der Waals surface area contributed by atoms with Crippen LogP contribution in [0.4, 0.5) is 0 Å². The highest BCUT2D eigenvalue weighted by atomic mass is 32.2. The molecular weight excluding hydrogens is 286 g/mol. The van der Waals surface area contributed by atoms with Gasteiger partial charge in [-0.3, -0.25) is 0 Å². The zero-order valence-electron chi connectivity index (χ0n) is 12.8. The highest BCUT2D eigenvalue weighted by Gasteiger charge is 2.24. The molecule has 1 atom stereocenters. The van der Waals surface area contributed by atoms with E-state index in [9.17, 15) is 8.42 Å². The van der Waals surface area contributed by atoms with Gasteiger partial charge in [0.1, 0.15) is 15.6 Å². The third-order valence-electron chi connectivity index (χ3n) is 3.89. The Balaban J connectivity index is 1.87. The van der Waals surface area contributed by atoms with Crippen LogP contribution in [-0.4, -0.2) is 32.6 Å². The molecule has 1 aromatic carbocycles. The van der Waals surface area contributed by atoms with Gasteiger partial charge in [0, 0.05) is 12.1 Å². The average Bonchev–Trinajstić information content (AvgIpc) is 2.48. The Kier molecular flexibility index (Phi) is 5.65. The van der Waals surface area contributed by atoms with E-state index in [1.165, 1.54) is 5.56 Å². The second kappa shape index (κ2) is 7.27. The number of benzene rings is 1. The molecule has 1 aliphatic rings. The molecule has 2 rings (SSSR count). The molecule has 1 aliphatic heterocycles. The van der Waals surface area contributed by atoms with Crippen molar-refractivity contribution in [3.05, 3.63) is 29.8 Å². The number of rotatable bonds is 6. The first-order chi connectivity index (χ1) is 10.00. The summed E-state index contributed by atoms with van der Waals surface area (Å²) in [6, 6.07) is 8.64. The molecule has 0 aromatic heterocycles. The summed E-state index contributed by atoms with van der Waals surface area (Å²) in [5.41, 5.74) is 1.20. The molecule has 1 heterocycles. The van der Waals surface area contributed by atoms with Crippen molar-refractivity contribution < 1.29 is 13.2 Å². The molecule has 21 heavy (non-hydrogen) atoms.